The monoisotopic (exact) mass is 375 g/mol. The Kier molecular flexibility index (Phi) is 3.58. The van der Waals surface area contributed by atoms with Crippen molar-refractivity contribution >= 4 is 22.6 Å². The molecule has 0 aliphatic carbocycles. The molecule has 1 amide bonds. The Balaban J connectivity index is 1.73. The van der Waals surface area contributed by atoms with Crippen LogP contribution in [0.15, 0.2) is 59.5 Å². The van der Waals surface area contributed by atoms with Gasteiger partial charge in [-0.25, -0.2) is 4.39 Å². The van der Waals surface area contributed by atoms with Crippen molar-refractivity contribution in [1.82, 2.24) is 20.0 Å². The normalized spacial score (nSPS) is 16.0. The van der Waals surface area contributed by atoms with Crippen LogP contribution in [0.4, 0.5) is 10.1 Å². The third kappa shape index (κ3) is 2.58. The van der Waals surface area contributed by atoms with Gasteiger partial charge in [-0.05, 0) is 42.5 Å². The lowest BCUT2D eigenvalue weighted by Crippen LogP contribution is -2.27. The number of hydrogen-bond acceptors (Lipinski definition) is 4. The number of carbonyl (C=O) groups excluding carboxylic acids is 1. The second kappa shape index (κ2) is 6.12. The van der Waals surface area contributed by atoms with E-state index in [9.17, 15) is 14.0 Å². The maximum Gasteiger partial charge on any atom is 0.251 e. The molecule has 0 saturated heterocycles. The van der Waals surface area contributed by atoms with Crippen LogP contribution in [0.2, 0.25) is 0 Å². The fourth-order valence-electron chi connectivity index (χ4n) is 3.62. The van der Waals surface area contributed by atoms with Crippen LogP contribution in [-0.4, -0.2) is 25.9 Å². The Bertz CT molecular complexity index is 1280. The number of H-pyrrole nitrogens is 1. The number of pyridine rings is 1. The maximum atomic E-state index is 13.2. The number of amides is 1. The Hall–Kier alpha value is -3.81. The first kappa shape index (κ1) is 16.4. The number of aromatic nitrogens is 4. The lowest BCUT2D eigenvalue weighted by Gasteiger charge is -2.25. The highest BCUT2D eigenvalue weighted by Gasteiger charge is 2.31. The van der Waals surface area contributed by atoms with E-state index in [0.29, 0.717) is 28.0 Å². The van der Waals surface area contributed by atoms with E-state index in [1.54, 1.807) is 42.6 Å². The van der Waals surface area contributed by atoms with Crippen molar-refractivity contribution in [3.05, 3.63) is 82.0 Å². The van der Waals surface area contributed by atoms with E-state index in [4.69, 9.17) is 0 Å². The molecule has 0 spiro atoms. The molecule has 4 aromatic rings. The zero-order chi connectivity index (χ0) is 19.3. The molecule has 0 fully saturated rings. The molecule has 7 nitrogen and oxygen atoms in total. The average Bonchev–Trinajstić information content (AvgIpc) is 3.12. The van der Waals surface area contributed by atoms with Crippen molar-refractivity contribution in [2.45, 2.75) is 12.3 Å². The predicted octanol–water partition coefficient (Wildman–Crippen LogP) is 2.72. The number of benzene rings is 2. The highest BCUT2D eigenvalue weighted by Crippen LogP contribution is 2.39. The number of hydrogen-bond donors (Lipinski definition) is 2. The van der Waals surface area contributed by atoms with Crippen LogP contribution in [0.1, 0.15) is 23.5 Å². The van der Waals surface area contributed by atoms with Gasteiger partial charge >= 0.3 is 0 Å². The second-order valence-electron chi connectivity index (χ2n) is 6.62. The molecule has 1 atom stereocenters. The van der Waals surface area contributed by atoms with Crippen LogP contribution in [-0.2, 0) is 4.79 Å². The summed E-state index contributed by atoms with van der Waals surface area (Å²) in [5.41, 5.74) is 3.45. The van der Waals surface area contributed by atoms with Crippen molar-refractivity contribution in [3.8, 4) is 5.69 Å². The summed E-state index contributed by atoms with van der Waals surface area (Å²) in [5, 5.41) is 11.9. The number of nitrogens with one attached hydrogen (secondary N) is 2. The van der Waals surface area contributed by atoms with E-state index in [0.717, 1.165) is 5.56 Å². The Labute approximate surface area is 157 Å². The predicted molar refractivity (Wildman–Crippen MR) is 101 cm³/mol. The van der Waals surface area contributed by atoms with Gasteiger partial charge in [0.1, 0.15) is 16.9 Å². The first-order valence-corrected chi connectivity index (χ1v) is 8.73. The summed E-state index contributed by atoms with van der Waals surface area (Å²) in [4.78, 5) is 28.7. The lowest BCUT2D eigenvalue weighted by molar-refractivity contribution is -0.116. The Morgan fingerprint density at radius 1 is 1.04 bits per heavy atom. The third-order valence-corrected chi connectivity index (χ3v) is 4.89. The van der Waals surface area contributed by atoms with Gasteiger partial charge in [0, 0.05) is 35.3 Å². The largest absolute Gasteiger partial charge is 0.329 e. The summed E-state index contributed by atoms with van der Waals surface area (Å²) < 4.78 is 13.2. The van der Waals surface area contributed by atoms with Gasteiger partial charge in [0.05, 0.1) is 5.69 Å². The maximum absolute atomic E-state index is 13.2. The first-order chi connectivity index (χ1) is 13.6. The quantitative estimate of drug-likeness (QED) is 0.563. The van der Waals surface area contributed by atoms with Crippen LogP contribution in [0.5, 0.6) is 0 Å². The fourth-order valence-corrected chi connectivity index (χ4v) is 3.62. The molecular formula is C20H14FN5O2. The Morgan fingerprint density at radius 2 is 1.86 bits per heavy atom. The number of nitrogens with zero attached hydrogens (tertiary/aromatic N) is 3. The van der Waals surface area contributed by atoms with E-state index < -0.39 is 5.92 Å². The molecule has 2 aromatic heterocycles. The summed E-state index contributed by atoms with van der Waals surface area (Å²) in [7, 11) is 0. The number of carbonyl (C=O) groups is 1. The number of fused-ring (bicyclic) bond motifs is 3. The van der Waals surface area contributed by atoms with Gasteiger partial charge in [-0.15, -0.1) is 10.2 Å². The van der Waals surface area contributed by atoms with Crippen LogP contribution >= 0.6 is 0 Å². The van der Waals surface area contributed by atoms with Crippen LogP contribution in [0.25, 0.3) is 16.7 Å². The minimum absolute atomic E-state index is 0.141. The van der Waals surface area contributed by atoms with Gasteiger partial charge in [0.2, 0.25) is 5.91 Å². The number of anilines is 1. The molecule has 1 aliphatic heterocycles. The summed E-state index contributed by atoms with van der Waals surface area (Å²) in [6.45, 7) is 0. The number of aromatic amines is 1. The molecule has 1 aliphatic rings. The van der Waals surface area contributed by atoms with E-state index in [2.05, 4.69) is 20.5 Å². The third-order valence-electron chi connectivity index (χ3n) is 4.89. The minimum atomic E-state index is -0.434. The van der Waals surface area contributed by atoms with Crippen molar-refractivity contribution in [1.29, 1.82) is 0 Å². The van der Waals surface area contributed by atoms with Crippen LogP contribution in [0.3, 0.4) is 0 Å². The van der Waals surface area contributed by atoms with Gasteiger partial charge in [-0.3, -0.25) is 9.59 Å². The highest BCUT2D eigenvalue weighted by molar-refractivity contribution is 5.99. The highest BCUT2D eigenvalue weighted by atomic mass is 19.1. The fraction of sp³-hybridized carbons (Fsp3) is 0.100. The van der Waals surface area contributed by atoms with Crippen molar-refractivity contribution in [2.24, 2.45) is 0 Å². The molecular weight excluding hydrogens is 361 g/mol. The van der Waals surface area contributed by atoms with Crippen LogP contribution < -0.4 is 10.9 Å². The molecule has 8 heteroatoms. The van der Waals surface area contributed by atoms with Gasteiger partial charge in [-0.2, -0.15) is 4.80 Å². The van der Waals surface area contributed by atoms with E-state index >= 15 is 0 Å². The van der Waals surface area contributed by atoms with Crippen molar-refractivity contribution in [2.75, 3.05) is 5.32 Å². The molecule has 2 aromatic carbocycles. The number of halogens is 1. The number of rotatable bonds is 2. The van der Waals surface area contributed by atoms with Crippen molar-refractivity contribution < 1.29 is 9.18 Å². The summed E-state index contributed by atoms with van der Waals surface area (Å²) in [6, 6.07) is 12.8. The molecule has 3 heterocycles. The van der Waals surface area contributed by atoms with E-state index in [1.807, 2.05) is 0 Å². The minimum Gasteiger partial charge on any atom is -0.329 e. The van der Waals surface area contributed by atoms with Gasteiger partial charge < -0.3 is 10.3 Å². The molecule has 0 radical (unpaired) electrons. The summed E-state index contributed by atoms with van der Waals surface area (Å²) in [5.74, 6) is -0.939. The summed E-state index contributed by atoms with van der Waals surface area (Å²) in [6.07, 6.45) is 1.70. The molecule has 0 bridgehead atoms. The smallest absolute Gasteiger partial charge is 0.251 e. The first-order valence-electron chi connectivity index (χ1n) is 8.73. The molecule has 1 unspecified atom stereocenters. The van der Waals surface area contributed by atoms with Gasteiger partial charge in [0.25, 0.3) is 5.56 Å². The SMILES string of the molecule is O=C1CC(c2ccc[nH]c2=O)c2c(ccc3nn(-c4ccc(F)cc4)nc23)N1. The molecule has 0 saturated carbocycles. The average molecular weight is 375 g/mol. The summed E-state index contributed by atoms with van der Waals surface area (Å²) >= 11 is 0. The van der Waals surface area contributed by atoms with Crippen LogP contribution in [0, 0.1) is 5.82 Å². The molecule has 28 heavy (non-hydrogen) atoms. The van der Waals surface area contributed by atoms with E-state index in [1.165, 1.54) is 16.9 Å². The molecule has 138 valence electrons. The second-order valence-corrected chi connectivity index (χ2v) is 6.62. The van der Waals surface area contributed by atoms with E-state index in [-0.39, 0.29) is 23.7 Å². The zero-order valence-corrected chi connectivity index (χ0v) is 14.5. The Morgan fingerprint density at radius 3 is 2.64 bits per heavy atom. The van der Waals surface area contributed by atoms with Gasteiger partial charge in [-0.1, -0.05) is 6.07 Å². The lowest BCUT2D eigenvalue weighted by atomic mass is 9.84. The molecule has 2 N–H and O–H groups in total. The van der Waals surface area contributed by atoms with Crippen molar-refractivity contribution in [3.63, 3.8) is 0 Å². The molecule has 5 rings (SSSR count). The topological polar surface area (TPSA) is 92.7 Å². The van der Waals surface area contributed by atoms with Gasteiger partial charge in [0.15, 0.2) is 0 Å². The zero-order valence-electron chi connectivity index (χ0n) is 14.5. The standard InChI is InChI=1S/C20H14FN5O2/c21-11-3-5-12(6-4-11)26-24-16-8-7-15-18(19(16)25-26)14(10-17(27)23-15)13-2-1-9-22-20(13)28/h1-9,14H,10H2,(H,22,28)(H,23,27).